The molecule has 0 aliphatic heterocycles. The Hall–Kier alpha value is -2.27. The Balaban J connectivity index is 2.03. The van der Waals surface area contributed by atoms with Gasteiger partial charge in [-0.25, -0.2) is 9.13 Å². The summed E-state index contributed by atoms with van der Waals surface area (Å²) in [4.78, 5) is 0. The van der Waals surface area contributed by atoms with Crippen molar-refractivity contribution in [1.29, 1.82) is 0 Å². The summed E-state index contributed by atoms with van der Waals surface area (Å²) in [5, 5.41) is 10.3. The molecule has 0 fully saturated rings. The first-order valence-electron chi connectivity index (χ1n) is 7.20. The molecule has 5 nitrogen and oxygen atoms in total. The minimum absolute atomic E-state index is 0.372. The number of fused-ring (bicyclic) bond motifs is 1. The van der Waals surface area contributed by atoms with E-state index in [1.54, 1.807) is 18.4 Å². The van der Waals surface area contributed by atoms with Crippen molar-refractivity contribution in [2.24, 2.45) is 0 Å². The fraction of sp³-hybridized carbons (Fsp3) is 0.312. The fourth-order valence-electron chi connectivity index (χ4n) is 2.71. The molecule has 1 atom stereocenters. The summed E-state index contributed by atoms with van der Waals surface area (Å²) in [5.74, 6) is 1.21. The molecule has 110 valence electrons. The van der Waals surface area contributed by atoms with E-state index in [4.69, 9.17) is 10.2 Å². The summed E-state index contributed by atoms with van der Waals surface area (Å²) in [7, 11) is 0. The zero-order chi connectivity index (χ0) is 14.8. The lowest BCUT2D eigenvalue weighted by Crippen LogP contribution is -2.39. The molecule has 3 N–H and O–H groups in total. The Labute approximate surface area is 123 Å². The largest absolute Gasteiger partial charge is 0.466 e. The van der Waals surface area contributed by atoms with Gasteiger partial charge in [0.15, 0.2) is 0 Å². The molecule has 0 unspecified atom stereocenters. The molecule has 3 aromatic rings. The second-order valence-corrected chi connectivity index (χ2v) is 5.14. The first-order valence-corrected chi connectivity index (χ1v) is 7.20. The summed E-state index contributed by atoms with van der Waals surface area (Å²) < 4.78 is 9.29. The molecule has 2 heterocycles. The van der Waals surface area contributed by atoms with Crippen LogP contribution >= 0.6 is 0 Å². The molecule has 0 bridgehead atoms. The maximum Gasteiger partial charge on any atom is 0.356 e. The molecule has 0 spiro atoms. The molecule has 0 aliphatic carbocycles. The molecule has 1 aromatic carbocycles. The number of aliphatic hydroxyl groups excluding tert-OH is 1. The molecule has 0 saturated heterocycles. The van der Waals surface area contributed by atoms with Gasteiger partial charge in [0.05, 0.1) is 12.8 Å². The van der Waals surface area contributed by atoms with Gasteiger partial charge < -0.3 is 9.52 Å². The lowest BCUT2D eigenvalue weighted by Gasteiger charge is -2.07. The maximum absolute atomic E-state index is 10.3. The Kier molecular flexibility index (Phi) is 3.66. The Morgan fingerprint density at radius 2 is 2.10 bits per heavy atom. The van der Waals surface area contributed by atoms with Crippen molar-refractivity contribution in [1.82, 2.24) is 4.57 Å². The number of para-hydroxylation sites is 2. The first-order chi connectivity index (χ1) is 10.2. The molecular formula is C16H20N3O2+. The van der Waals surface area contributed by atoms with Gasteiger partial charge in [-0.05, 0) is 30.7 Å². The average Bonchev–Trinajstić information content (AvgIpc) is 3.11. The van der Waals surface area contributed by atoms with E-state index in [-0.39, 0.29) is 0 Å². The highest BCUT2D eigenvalue weighted by molar-refractivity contribution is 5.73. The van der Waals surface area contributed by atoms with Crippen LogP contribution in [0.5, 0.6) is 0 Å². The second-order valence-electron chi connectivity index (χ2n) is 5.14. The van der Waals surface area contributed by atoms with Crippen LogP contribution in [0.3, 0.4) is 0 Å². The van der Waals surface area contributed by atoms with Crippen LogP contribution in [0.15, 0.2) is 47.1 Å². The monoisotopic (exact) mass is 286 g/mol. The van der Waals surface area contributed by atoms with Crippen molar-refractivity contribution in [3.63, 3.8) is 0 Å². The number of rotatable bonds is 5. The molecule has 0 saturated carbocycles. The van der Waals surface area contributed by atoms with Crippen LogP contribution in [-0.2, 0) is 13.1 Å². The van der Waals surface area contributed by atoms with Crippen LogP contribution in [0.4, 0.5) is 5.95 Å². The third-order valence-corrected chi connectivity index (χ3v) is 3.69. The molecule has 0 radical (unpaired) electrons. The number of hydrogen-bond donors (Lipinski definition) is 2. The van der Waals surface area contributed by atoms with Crippen molar-refractivity contribution in [2.45, 2.75) is 32.5 Å². The maximum atomic E-state index is 10.3. The molecule has 3 rings (SSSR count). The highest BCUT2D eigenvalue weighted by atomic mass is 16.4. The molecule has 0 amide bonds. The van der Waals surface area contributed by atoms with Crippen LogP contribution < -0.4 is 10.3 Å². The van der Waals surface area contributed by atoms with E-state index in [1.165, 1.54) is 0 Å². The predicted octanol–water partition coefficient (Wildman–Crippen LogP) is 2.25. The average molecular weight is 286 g/mol. The number of aromatic nitrogens is 2. The number of aliphatic hydroxyl groups is 1. The number of anilines is 1. The van der Waals surface area contributed by atoms with Crippen molar-refractivity contribution >= 4 is 17.0 Å². The number of hydrogen-bond acceptors (Lipinski definition) is 3. The van der Waals surface area contributed by atoms with Crippen molar-refractivity contribution < 1.29 is 14.1 Å². The number of nitrogen functional groups attached to an aromatic ring is 1. The number of furan rings is 1. The summed E-state index contributed by atoms with van der Waals surface area (Å²) in [5.41, 5.74) is 8.40. The van der Waals surface area contributed by atoms with E-state index in [0.717, 1.165) is 24.0 Å². The molecule has 5 heteroatoms. The SMILES string of the molecule is CCCn1c(N)[n+](C[C@@H](O)c2ccco2)c2ccccc21. The van der Waals surface area contributed by atoms with Crippen LogP contribution in [0, 0.1) is 0 Å². The first kappa shape index (κ1) is 13.7. The minimum Gasteiger partial charge on any atom is -0.466 e. The van der Waals surface area contributed by atoms with Crippen LogP contribution in [0.1, 0.15) is 25.2 Å². The van der Waals surface area contributed by atoms with Crippen molar-refractivity contribution in [2.75, 3.05) is 5.73 Å². The number of nitrogens with two attached hydrogens (primary N) is 1. The molecule has 21 heavy (non-hydrogen) atoms. The third-order valence-electron chi connectivity index (χ3n) is 3.69. The number of benzene rings is 1. The number of imidazole rings is 1. The number of nitrogens with zero attached hydrogens (tertiary/aromatic N) is 2. The summed E-state index contributed by atoms with van der Waals surface area (Å²) in [6.45, 7) is 3.35. The van der Waals surface area contributed by atoms with Gasteiger partial charge in [-0.1, -0.05) is 19.1 Å². The lowest BCUT2D eigenvalue weighted by atomic mass is 10.2. The van der Waals surface area contributed by atoms with Gasteiger partial charge in [-0.3, -0.25) is 5.73 Å². The zero-order valence-electron chi connectivity index (χ0n) is 12.1. The summed E-state index contributed by atoms with van der Waals surface area (Å²) in [6.07, 6.45) is 1.85. The van der Waals surface area contributed by atoms with E-state index in [2.05, 4.69) is 17.6 Å². The normalized spacial score (nSPS) is 12.9. The van der Waals surface area contributed by atoms with E-state index >= 15 is 0 Å². The molecular weight excluding hydrogens is 266 g/mol. The van der Waals surface area contributed by atoms with Gasteiger partial charge >= 0.3 is 5.95 Å². The van der Waals surface area contributed by atoms with Gasteiger partial charge in [0.2, 0.25) is 0 Å². The Bertz CT molecular complexity index is 731. The third kappa shape index (κ3) is 2.40. The van der Waals surface area contributed by atoms with E-state index in [1.807, 2.05) is 22.8 Å². The van der Waals surface area contributed by atoms with Gasteiger partial charge in [-0.2, -0.15) is 0 Å². The summed E-state index contributed by atoms with van der Waals surface area (Å²) >= 11 is 0. The lowest BCUT2D eigenvalue weighted by molar-refractivity contribution is -0.666. The quantitative estimate of drug-likeness (QED) is 0.707. The van der Waals surface area contributed by atoms with Gasteiger partial charge in [0.25, 0.3) is 0 Å². The van der Waals surface area contributed by atoms with Gasteiger partial charge in [0, 0.05) is 0 Å². The van der Waals surface area contributed by atoms with E-state index < -0.39 is 6.10 Å². The van der Waals surface area contributed by atoms with Crippen molar-refractivity contribution in [3.05, 3.63) is 48.4 Å². The van der Waals surface area contributed by atoms with E-state index in [0.29, 0.717) is 18.3 Å². The van der Waals surface area contributed by atoms with Crippen molar-refractivity contribution in [3.8, 4) is 0 Å². The molecule has 0 aliphatic rings. The Morgan fingerprint density at radius 3 is 2.81 bits per heavy atom. The minimum atomic E-state index is -0.715. The smallest absolute Gasteiger partial charge is 0.356 e. The topological polar surface area (TPSA) is 68.2 Å². The highest BCUT2D eigenvalue weighted by Gasteiger charge is 2.23. The fourth-order valence-corrected chi connectivity index (χ4v) is 2.71. The van der Waals surface area contributed by atoms with E-state index in [9.17, 15) is 5.11 Å². The molecule has 2 aromatic heterocycles. The Morgan fingerprint density at radius 1 is 1.29 bits per heavy atom. The van der Waals surface area contributed by atoms with Gasteiger partial charge in [0.1, 0.15) is 29.4 Å². The standard InChI is InChI=1S/C16H19N3O2/c1-2-9-18-12-6-3-4-7-13(12)19(16(18)17)11-14(20)15-8-5-10-21-15/h3-8,10,14,17,20H,2,9,11H2,1H3/p+1/t14-/m1/s1. The van der Waals surface area contributed by atoms with Gasteiger partial charge in [-0.15, -0.1) is 0 Å². The van der Waals surface area contributed by atoms with Crippen LogP contribution in [0.25, 0.3) is 11.0 Å². The predicted molar refractivity (Wildman–Crippen MR) is 80.5 cm³/mol. The zero-order valence-corrected chi connectivity index (χ0v) is 12.1. The highest BCUT2D eigenvalue weighted by Crippen LogP contribution is 2.19. The second kappa shape index (κ2) is 5.61. The number of aryl methyl sites for hydroxylation is 1. The van der Waals surface area contributed by atoms with Crippen LogP contribution in [0.2, 0.25) is 0 Å². The van der Waals surface area contributed by atoms with Crippen LogP contribution in [-0.4, -0.2) is 9.67 Å². The summed E-state index contributed by atoms with van der Waals surface area (Å²) in [6, 6.07) is 11.6.